The van der Waals surface area contributed by atoms with Crippen LogP contribution in [-0.2, 0) is 0 Å². The second kappa shape index (κ2) is 5.71. The highest BCUT2D eigenvalue weighted by atomic mass is 32.2. The third kappa shape index (κ3) is 2.92. The van der Waals surface area contributed by atoms with Gasteiger partial charge in [-0.15, -0.1) is 11.3 Å². The van der Waals surface area contributed by atoms with Gasteiger partial charge >= 0.3 is 0 Å². The summed E-state index contributed by atoms with van der Waals surface area (Å²) in [7, 11) is 0. The Kier molecular flexibility index (Phi) is 4.03. The molecule has 0 saturated carbocycles. The van der Waals surface area contributed by atoms with E-state index in [4.69, 9.17) is 5.26 Å². The predicted molar refractivity (Wildman–Crippen MR) is 74.9 cm³/mol. The summed E-state index contributed by atoms with van der Waals surface area (Å²) in [5, 5.41) is 15.3. The van der Waals surface area contributed by atoms with E-state index in [9.17, 15) is 4.79 Å². The number of rotatable bonds is 3. The first-order chi connectivity index (χ1) is 8.70. The second-order valence-corrected chi connectivity index (χ2v) is 5.38. The number of hydrogen-bond acceptors (Lipinski definition) is 4. The van der Waals surface area contributed by atoms with Crippen LogP contribution in [0.4, 0.5) is 5.69 Å². The molecule has 1 N–H and O–H groups in total. The summed E-state index contributed by atoms with van der Waals surface area (Å²) in [6, 6.07) is 9.13. The van der Waals surface area contributed by atoms with Crippen molar-refractivity contribution in [2.24, 2.45) is 0 Å². The van der Waals surface area contributed by atoms with Crippen molar-refractivity contribution in [3.63, 3.8) is 0 Å². The lowest BCUT2D eigenvalue weighted by molar-refractivity contribution is 0.103. The van der Waals surface area contributed by atoms with E-state index in [1.54, 1.807) is 12.1 Å². The molecule has 0 radical (unpaired) electrons. The number of amides is 1. The molecule has 0 unspecified atom stereocenters. The zero-order valence-electron chi connectivity index (χ0n) is 9.64. The van der Waals surface area contributed by atoms with Gasteiger partial charge in [0.05, 0.1) is 4.88 Å². The van der Waals surface area contributed by atoms with Gasteiger partial charge < -0.3 is 5.32 Å². The Morgan fingerprint density at radius 1 is 1.33 bits per heavy atom. The molecular formula is C13H10N2OS2. The fourth-order valence-electron chi connectivity index (χ4n) is 1.45. The van der Waals surface area contributed by atoms with Gasteiger partial charge in [-0.25, -0.2) is 0 Å². The number of nitrogens with one attached hydrogen (secondary N) is 1. The fourth-order valence-corrected chi connectivity index (χ4v) is 2.65. The zero-order valence-corrected chi connectivity index (χ0v) is 11.3. The van der Waals surface area contributed by atoms with Gasteiger partial charge in [0.1, 0.15) is 5.40 Å². The largest absolute Gasteiger partial charge is 0.321 e. The minimum atomic E-state index is -0.0943. The predicted octanol–water partition coefficient (Wildman–Crippen LogP) is 3.88. The molecule has 1 amide bonds. The van der Waals surface area contributed by atoms with Gasteiger partial charge in [0.2, 0.25) is 0 Å². The van der Waals surface area contributed by atoms with Gasteiger partial charge in [-0.1, -0.05) is 0 Å². The maximum absolute atomic E-state index is 11.9. The molecule has 2 aromatic rings. The molecule has 0 aliphatic rings. The number of thiophene rings is 1. The molecular weight excluding hydrogens is 264 g/mol. The molecule has 0 atom stereocenters. The standard InChI is InChI=1S/C13H10N2OS2/c1-9-6-7-17-12(9)13(16)15-10-2-4-11(5-3-10)18-8-14/h2-7H,1H3,(H,15,16). The van der Waals surface area contributed by atoms with E-state index >= 15 is 0 Å². The summed E-state index contributed by atoms with van der Waals surface area (Å²) in [4.78, 5) is 13.5. The molecule has 0 spiro atoms. The number of carbonyl (C=O) groups excluding carboxylic acids is 1. The van der Waals surface area contributed by atoms with Crippen molar-refractivity contribution in [1.82, 2.24) is 0 Å². The van der Waals surface area contributed by atoms with Crippen LogP contribution in [0.1, 0.15) is 15.2 Å². The quantitative estimate of drug-likeness (QED) is 0.682. The van der Waals surface area contributed by atoms with Crippen molar-refractivity contribution >= 4 is 34.7 Å². The Bertz CT molecular complexity index is 596. The molecule has 1 aromatic carbocycles. The Morgan fingerprint density at radius 3 is 2.61 bits per heavy atom. The van der Waals surface area contributed by atoms with Gasteiger partial charge in [0.25, 0.3) is 5.91 Å². The topological polar surface area (TPSA) is 52.9 Å². The summed E-state index contributed by atoms with van der Waals surface area (Å²) < 4.78 is 0. The number of thiocyanates is 1. The van der Waals surface area contributed by atoms with Crippen molar-refractivity contribution in [3.05, 3.63) is 46.2 Å². The Hall–Kier alpha value is -1.77. The number of hydrogen-bond donors (Lipinski definition) is 1. The Morgan fingerprint density at radius 2 is 2.06 bits per heavy atom. The van der Waals surface area contributed by atoms with E-state index in [1.807, 2.05) is 35.9 Å². The lowest BCUT2D eigenvalue weighted by atomic mass is 10.2. The highest BCUT2D eigenvalue weighted by Crippen LogP contribution is 2.21. The number of nitriles is 1. The van der Waals surface area contributed by atoms with Gasteiger partial charge in [-0.2, -0.15) is 5.26 Å². The van der Waals surface area contributed by atoms with Crippen LogP contribution in [0.3, 0.4) is 0 Å². The maximum atomic E-state index is 11.9. The average Bonchev–Trinajstić information content (AvgIpc) is 2.78. The van der Waals surface area contributed by atoms with Crippen molar-refractivity contribution < 1.29 is 4.79 Å². The van der Waals surface area contributed by atoms with Crippen LogP contribution < -0.4 is 5.32 Å². The van der Waals surface area contributed by atoms with E-state index in [0.29, 0.717) is 0 Å². The summed E-state index contributed by atoms with van der Waals surface area (Å²) in [5.74, 6) is -0.0943. The van der Waals surface area contributed by atoms with Crippen molar-refractivity contribution in [1.29, 1.82) is 5.26 Å². The minimum absolute atomic E-state index is 0.0943. The number of aryl methyl sites for hydroxylation is 1. The molecule has 1 heterocycles. The van der Waals surface area contributed by atoms with Gasteiger partial charge in [-0.3, -0.25) is 4.79 Å². The molecule has 0 aliphatic carbocycles. The lowest BCUT2D eigenvalue weighted by Crippen LogP contribution is -2.11. The van der Waals surface area contributed by atoms with Crippen LogP contribution in [0.25, 0.3) is 0 Å². The first-order valence-corrected chi connectivity index (χ1v) is 6.92. The average molecular weight is 274 g/mol. The number of anilines is 1. The van der Waals surface area contributed by atoms with E-state index in [1.165, 1.54) is 11.3 Å². The fraction of sp³-hybridized carbons (Fsp3) is 0.0769. The van der Waals surface area contributed by atoms with Crippen molar-refractivity contribution in [2.45, 2.75) is 11.8 Å². The minimum Gasteiger partial charge on any atom is -0.321 e. The van der Waals surface area contributed by atoms with Crippen LogP contribution in [0.2, 0.25) is 0 Å². The molecule has 0 aliphatic heterocycles. The van der Waals surface area contributed by atoms with Gasteiger partial charge in [0.15, 0.2) is 0 Å². The third-order valence-electron chi connectivity index (χ3n) is 2.34. The first kappa shape index (κ1) is 12.7. The maximum Gasteiger partial charge on any atom is 0.265 e. The van der Waals surface area contributed by atoms with E-state index in [2.05, 4.69) is 5.32 Å². The third-order valence-corrected chi connectivity index (χ3v) is 3.96. The van der Waals surface area contributed by atoms with E-state index in [-0.39, 0.29) is 5.91 Å². The van der Waals surface area contributed by atoms with E-state index in [0.717, 1.165) is 32.8 Å². The van der Waals surface area contributed by atoms with Crippen LogP contribution in [0.5, 0.6) is 0 Å². The van der Waals surface area contributed by atoms with Crippen LogP contribution in [-0.4, -0.2) is 5.91 Å². The number of benzene rings is 1. The Labute approximate surface area is 113 Å². The summed E-state index contributed by atoms with van der Waals surface area (Å²) in [6.45, 7) is 1.91. The molecule has 0 bridgehead atoms. The van der Waals surface area contributed by atoms with E-state index < -0.39 is 0 Å². The SMILES string of the molecule is Cc1ccsc1C(=O)Nc1ccc(SC#N)cc1. The number of thioether (sulfide) groups is 1. The van der Waals surface area contributed by atoms with Crippen molar-refractivity contribution in [2.75, 3.05) is 5.32 Å². The first-order valence-electron chi connectivity index (χ1n) is 5.22. The smallest absolute Gasteiger partial charge is 0.265 e. The van der Waals surface area contributed by atoms with Gasteiger partial charge in [-0.05, 0) is 60.0 Å². The molecule has 0 fully saturated rings. The normalized spacial score (nSPS) is 9.78. The highest BCUT2D eigenvalue weighted by molar-refractivity contribution is 8.03. The second-order valence-electron chi connectivity index (χ2n) is 3.60. The molecule has 5 heteroatoms. The number of carbonyl (C=O) groups is 1. The highest BCUT2D eigenvalue weighted by Gasteiger charge is 2.10. The van der Waals surface area contributed by atoms with Gasteiger partial charge in [0, 0.05) is 10.6 Å². The molecule has 3 nitrogen and oxygen atoms in total. The summed E-state index contributed by atoms with van der Waals surface area (Å²) in [5.41, 5.74) is 1.71. The molecule has 18 heavy (non-hydrogen) atoms. The molecule has 2 rings (SSSR count). The van der Waals surface area contributed by atoms with Crippen LogP contribution in [0, 0.1) is 17.6 Å². The van der Waals surface area contributed by atoms with Crippen LogP contribution in [0.15, 0.2) is 40.6 Å². The zero-order chi connectivity index (χ0) is 13.0. The summed E-state index contributed by atoms with van der Waals surface area (Å²) >= 11 is 2.53. The number of nitrogens with zero attached hydrogens (tertiary/aromatic N) is 1. The summed E-state index contributed by atoms with van der Waals surface area (Å²) in [6.07, 6.45) is 0. The Balaban J connectivity index is 2.08. The van der Waals surface area contributed by atoms with Crippen molar-refractivity contribution in [3.8, 4) is 5.40 Å². The van der Waals surface area contributed by atoms with Crippen LogP contribution >= 0.6 is 23.1 Å². The molecule has 1 aromatic heterocycles. The molecule has 90 valence electrons. The lowest BCUT2D eigenvalue weighted by Gasteiger charge is -2.04. The molecule has 0 saturated heterocycles. The monoisotopic (exact) mass is 274 g/mol.